The molecular weight excluding hydrogens is 360 g/mol. The van der Waals surface area contributed by atoms with E-state index in [1.54, 1.807) is 28.2 Å². The average molecular weight is 385 g/mol. The molecule has 7 nitrogen and oxygen atoms in total. The van der Waals surface area contributed by atoms with Crippen molar-refractivity contribution in [2.45, 2.75) is 39.3 Å². The summed E-state index contributed by atoms with van der Waals surface area (Å²) in [6.07, 6.45) is 9.23. The van der Waals surface area contributed by atoms with Crippen molar-refractivity contribution in [3.8, 4) is 0 Å². The number of likely N-dealkylation sites (tertiary alicyclic amines) is 1. The van der Waals surface area contributed by atoms with Gasteiger partial charge in [-0.1, -0.05) is 13.8 Å². The quantitative estimate of drug-likeness (QED) is 0.654. The minimum absolute atomic E-state index is 0.00769. The first-order valence-electron chi connectivity index (χ1n) is 9.46. The molecule has 3 aromatic rings. The van der Waals surface area contributed by atoms with E-state index in [2.05, 4.69) is 33.8 Å². The lowest BCUT2D eigenvalue weighted by atomic mass is 10.2. The van der Waals surface area contributed by atoms with Gasteiger partial charge in [-0.15, -0.1) is 11.3 Å². The van der Waals surface area contributed by atoms with E-state index < -0.39 is 0 Å². The summed E-state index contributed by atoms with van der Waals surface area (Å²) in [5.41, 5.74) is 2.27. The SMILES string of the molecule is CCN(CC)Cc1cnc2c(C(=O)N3CCC[C@H]3c3nccs3)cnn2c1. The fraction of sp³-hybridized carbons (Fsp3) is 0.474. The van der Waals surface area contributed by atoms with Crippen LogP contribution in [0.2, 0.25) is 0 Å². The Balaban J connectivity index is 1.59. The number of hydrogen-bond acceptors (Lipinski definition) is 6. The van der Waals surface area contributed by atoms with Crippen LogP contribution in [0.25, 0.3) is 5.65 Å². The highest BCUT2D eigenvalue weighted by Gasteiger charge is 2.33. The van der Waals surface area contributed by atoms with E-state index in [4.69, 9.17) is 0 Å². The molecule has 1 fully saturated rings. The van der Waals surface area contributed by atoms with Gasteiger partial charge in [-0.05, 0) is 25.9 Å². The monoisotopic (exact) mass is 384 g/mol. The van der Waals surface area contributed by atoms with Crippen LogP contribution < -0.4 is 0 Å². The topological polar surface area (TPSA) is 66.6 Å². The predicted octanol–water partition coefficient (Wildman–Crippen LogP) is 3.00. The maximum Gasteiger partial charge on any atom is 0.259 e. The number of hydrogen-bond donors (Lipinski definition) is 0. The van der Waals surface area contributed by atoms with Gasteiger partial charge < -0.3 is 4.90 Å². The Morgan fingerprint density at radius 3 is 2.89 bits per heavy atom. The molecular formula is C19H24N6OS. The molecule has 0 saturated carbocycles. The summed E-state index contributed by atoms with van der Waals surface area (Å²) in [5, 5.41) is 7.36. The molecule has 0 spiro atoms. The molecule has 3 aromatic heterocycles. The summed E-state index contributed by atoms with van der Waals surface area (Å²) < 4.78 is 1.72. The third-order valence-electron chi connectivity index (χ3n) is 5.19. The number of fused-ring (bicyclic) bond motifs is 1. The highest BCUT2D eigenvalue weighted by atomic mass is 32.1. The molecule has 0 aromatic carbocycles. The maximum absolute atomic E-state index is 13.2. The molecule has 0 bridgehead atoms. The molecule has 0 unspecified atom stereocenters. The number of carbonyl (C=O) groups excluding carboxylic acids is 1. The predicted molar refractivity (Wildman–Crippen MR) is 105 cm³/mol. The number of aromatic nitrogens is 4. The fourth-order valence-corrected chi connectivity index (χ4v) is 4.46. The summed E-state index contributed by atoms with van der Waals surface area (Å²) in [7, 11) is 0. The van der Waals surface area contributed by atoms with Crippen LogP contribution in [-0.2, 0) is 6.54 Å². The Hall–Kier alpha value is -2.32. The zero-order valence-electron chi connectivity index (χ0n) is 15.7. The van der Waals surface area contributed by atoms with E-state index in [1.807, 2.05) is 22.7 Å². The Kier molecular flexibility index (Phi) is 5.18. The van der Waals surface area contributed by atoms with Crippen LogP contribution in [0.3, 0.4) is 0 Å². The zero-order valence-corrected chi connectivity index (χ0v) is 16.5. The van der Waals surface area contributed by atoms with Gasteiger partial charge in [0.1, 0.15) is 10.6 Å². The third kappa shape index (κ3) is 3.46. The first kappa shape index (κ1) is 18.1. The summed E-state index contributed by atoms with van der Waals surface area (Å²) in [6, 6.07) is 0.0642. The van der Waals surface area contributed by atoms with Gasteiger partial charge in [-0.2, -0.15) is 5.10 Å². The lowest BCUT2D eigenvalue weighted by Gasteiger charge is -2.22. The molecule has 27 heavy (non-hydrogen) atoms. The molecule has 1 saturated heterocycles. The highest BCUT2D eigenvalue weighted by molar-refractivity contribution is 7.09. The van der Waals surface area contributed by atoms with Gasteiger partial charge in [0.25, 0.3) is 5.91 Å². The normalized spacial score (nSPS) is 17.3. The van der Waals surface area contributed by atoms with Crippen molar-refractivity contribution in [3.63, 3.8) is 0 Å². The molecule has 0 radical (unpaired) electrons. The fourth-order valence-electron chi connectivity index (χ4n) is 3.67. The second kappa shape index (κ2) is 7.74. The van der Waals surface area contributed by atoms with Crippen LogP contribution in [0, 0.1) is 0 Å². The van der Waals surface area contributed by atoms with Crippen molar-refractivity contribution in [3.05, 3.63) is 46.3 Å². The van der Waals surface area contributed by atoms with Crippen molar-refractivity contribution in [2.24, 2.45) is 0 Å². The summed E-state index contributed by atoms with van der Waals surface area (Å²) in [5.74, 6) is -0.00769. The maximum atomic E-state index is 13.2. The number of carbonyl (C=O) groups is 1. The standard InChI is InChI=1S/C19H24N6OS/c1-3-23(4-2)12-14-10-21-17-15(11-22-25(17)13-14)19(26)24-8-5-6-16(24)18-20-7-9-27-18/h7,9-11,13,16H,3-6,8,12H2,1-2H3/t16-/m0/s1. The molecule has 1 aliphatic rings. The van der Waals surface area contributed by atoms with Crippen LogP contribution in [0.4, 0.5) is 0 Å². The number of rotatable bonds is 6. The van der Waals surface area contributed by atoms with Gasteiger partial charge in [0.2, 0.25) is 0 Å². The number of thiazole rings is 1. The van der Waals surface area contributed by atoms with Gasteiger partial charge in [0.15, 0.2) is 5.65 Å². The smallest absolute Gasteiger partial charge is 0.259 e. The van der Waals surface area contributed by atoms with Crippen LogP contribution in [0.5, 0.6) is 0 Å². The highest BCUT2D eigenvalue weighted by Crippen LogP contribution is 2.34. The van der Waals surface area contributed by atoms with Crippen LogP contribution >= 0.6 is 11.3 Å². The molecule has 4 rings (SSSR count). The lowest BCUT2D eigenvalue weighted by molar-refractivity contribution is 0.0737. The second-order valence-electron chi connectivity index (χ2n) is 6.78. The van der Waals surface area contributed by atoms with Crippen molar-refractivity contribution in [1.29, 1.82) is 0 Å². The Bertz CT molecular complexity index is 918. The van der Waals surface area contributed by atoms with Gasteiger partial charge in [0.05, 0.1) is 12.2 Å². The van der Waals surface area contributed by atoms with Crippen molar-refractivity contribution < 1.29 is 4.79 Å². The van der Waals surface area contributed by atoms with Crippen molar-refractivity contribution in [2.75, 3.05) is 19.6 Å². The van der Waals surface area contributed by atoms with E-state index in [0.29, 0.717) is 11.2 Å². The van der Waals surface area contributed by atoms with Crippen molar-refractivity contribution in [1.82, 2.24) is 29.4 Å². The van der Waals surface area contributed by atoms with E-state index in [0.717, 1.165) is 49.6 Å². The summed E-state index contributed by atoms with van der Waals surface area (Å²) in [4.78, 5) is 26.4. The van der Waals surface area contributed by atoms with Gasteiger partial charge in [-0.3, -0.25) is 9.69 Å². The zero-order chi connectivity index (χ0) is 18.8. The molecule has 0 aliphatic carbocycles. The minimum atomic E-state index is -0.00769. The molecule has 1 aliphatic heterocycles. The van der Waals surface area contributed by atoms with Crippen LogP contribution in [0.15, 0.2) is 30.2 Å². The molecule has 8 heteroatoms. The molecule has 1 atom stereocenters. The molecule has 0 N–H and O–H groups in total. The first-order chi connectivity index (χ1) is 13.2. The third-order valence-corrected chi connectivity index (χ3v) is 6.07. The van der Waals surface area contributed by atoms with E-state index in [1.165, 1.54) is 0 Å². The molecule has 142 valence electrons. The van der Waals surface area contributed by atoms with Crippen LogP contribution in [-0.4, -0.2) is 54.9 Å². The molecule has 1 amide bonds. The minimum Gasteiger partial charge on any atom is -0.329 e. The average Bonchev–Trinajstić information content (AvgIpc) is 3.44. The Morgan fingerprint density at radius 2 is 2.15 bits per heavy atom. The first-order valence-corrected chi connectivity index (χ1v) is 10.3. The molecule has 4 heterocycles. The Labute approximate surface area is 162 Å². The van der Waals surface area contributed by atoms with Gasteiger partial charge in [0, 0.05) is 42.6 Å². The lowest BCUT2D eigenvalue weighted by Crippen LogP contribution is -2.30. The number of amides is 1. The van der Waals surface area contributed by atoms with Gasteiger partial charge in [-0.25, -0.2) is 14.5 Å². The Morgan fingerprint density at radius 1 is 1.30 bits per heavy atom. The number of nitrogens with zero attached hydrogens (tertiary/aromatic N) is 6. The van der Waals surface area contributed by atoms with Crippen molar-refractivity contribution >= 4 is 22.9 Å². The van der Waals surface area contributed by atoms with E-state index >= 15 is 0 Å². The van der Waals surface area contributed by atoms with Crippen LogP contribution in [0.1, 0.15) is 53.7 Å². The summed E-state index contributed by atoms with van der Waals surface area (Å²) >= 11 is 1.61. The van der Waals surface area contributed by atoms with Gasteiger partial charge >= 0.3 is 0 Å². The van der Waals surface area contributed by atoms with E-state index in [9.17, 15) is 4.79 Å². The second-order valence-corrected chi connectivity index (χ2v) is 7.70. The largest absolute Gasteiger partial charge is 0.329 e. The van der Waals surface area contributed by atoms with E-state index in [-0.39, 0.29) is 11.9 Å². The summed E-state index contributed by atoms with van der Waals surface area (Å²) in [6.45, 7) is 7.86.